The van der Waals surface area contributed by atoms with Gasteiger partial charge in [0.05, 0.1) is 4.92 Å². The first-order valence-electron chi connectivity index (χ1n) is 3.71. The van der Waals surface area contributed by atoms with Crippen LogP contribution in [0.5, 0.6) is 0 Å². The summed E-state index contributed by atoms with van der Waals surface area (Å²) in [4.78, 5) is 9.41. The number of benzene rings is 1. The molecule has 0 saturated heterocycles. The summed E-state index contributed by atoms with van der Waals surface area (Å²) in [6.45, 7) is 0. The number of ether oxygens (including phenoxy) is 1. The lowest BCUT2D eigenvalue weighted by molar-refractivity contribution is -0.387. The van der Waals surface area contributed by atoms with E-state index in [4.69, 9.17) is 5.11 Å². The minimum atomic E-state index is -1.27. The van der Waals surface area contributed by atoms with Crippen LogP contribution in [0.15, 0.2) is 18.2 Å². The van der Waals surface area contributed by atoms with Crippen LogP contribution in [-0.2, 0) is 4.74 Å². The zero-order valence-electron chi connectivity index (χ0n) is 7.31. The van der Waals surface area contributed by atoms with Crippen molar-refractivity contribution in [2.75, 3.05) is 7.11 Å². The standard InChI is InChI=1S/C8H8FNO4/c1-14-8(11)5-2-3-7(10(12)13)6(9)4-5/h2-4,8,11H,1H3. The lowest BCUT2D eigenvalue weighted by Gasteiger charge is -2.07. The second kappa shape index (κ2) is 4.12. The van der Waals surface area contributed by atoms with Crippen LogP contribution >= 0.6 is 0 Å². The van der Waals surface area contributed by atoms with Crippen molar-refractivity contribution in [2.45, 2.75) is 6.29 Å². The van der Waals surface area contributed by atoms with Crippen molar-refractivity contribution in [3.05, 3.63) is 39.7 Å². The molecule has 0 aliphatic carbocycles. The molecule has 0 aromatic heterocycles. The molecule has 76 valence electrons. The Morgan fingerprint density at radius 2 is 2.29 bits per heavy atom. The van der Waals surface area contributed by atoms with Crippen LogP contribution in [0.2, 0.25) is 0 Å². The number of hydrogen-bond donors (Lipinski definition) is 1. The molecule has 1 rings (SSSR count). The highest BCUT2D eigenvalue weighted by atomic mass is 19.1. The summed E-state index contributed by atoms with van der Waals surface area (Å²) in [5, 5.41) is 19.4. The third-order valence-electron chi connectivity index (χ3n) is 1.68. The summed E-state index contributed by atoms with van der Waals surface area (Å²) in [5.41, 5.74) is -0.493. The lowest BCUT2D eigenvalue weighted by atomic mass is 10.2. The van der Waals surface area contributed by atoms with Crippen LogP contribution in [0.1, 0.15) is 11.9 Å². The molecule has 0 radical (unpaired) electrons. The smallest absolute Gasteiger partial charge is 0.304 e. The summed E-state index contributed by atoms with van der Waals surface area (Å²) in [6.07, 6.45) is -1.27. The van der Waals surface area contributed by atoms with Gasteiger partial charge in [-0.05, 0) is 12.1 Å². The van der Waals surface area contributed by atoms with Crippen molar-refractivity contribution in [3.8, 4) is 0 Å². The van der Waals surface area contributed by atoms with E-state index in [2.05, 4.69) is 4.74 Å². The second-order valence-corrected chi connectivity index (χ2v) is 2.56. The van der Waals surface area contributed by atoms with Gasteiger partial charge in [-0.1, -0.05) is 0 Å². The minimum absolute atomic E-state index is 0.135. The Morgan fingerprint density at radius 3 is 2.71 bits per heavy atom. The minimum Gasteiger partial charge on any atom is -0.364 e. The SMILES string of the molecule is COC(O)c1ccc([N+](=O)[O-])c(F)c1. The van der Waals surface area contributed by atoms with E-state index < -0.39 is 22.7 Å². The molecule has 6 heteroatoms. The van der Waals surface area contributed by atoms with Crippen LogP contribution in [0.4, 0.5) is 10.1 Å². The maximum atomic E-state index is 13.0. The Kier molecular flexibility index (Phi) is 3.10. The molecular weight excluding hydrogens is 193 g/mol. The molecule has 1 N–H and O–H groups in total. The lowest BCUT2D eigenvalue weighted by Crippen LogP contribution is -2.01. The van der Waals surface area contributed by atoms with E-state index in [-0.39, 0.29) is 5.56 Å². The molecule has 0 spiro atoms. The van der Waals surface area contributed by atoms with Crippen molar-refractivity contribution in [1.29, 1.82) is 0 Å². The summed E-state index contributed by atoms with van der Waals surface area (Å²) in [7, 11) is 1.24. The molecule has 14 heavy (non-hydrogen) atoms. The van der Waals surface area contributed by atoms with Crippen LogP contribution in [0, 0.1) is 15.9 Å². The maximum absolute atomic E-state index is 13.0. The molecule has 5 nitrogen and oxygen atoms in total. The van der Waals surface area contributed by atoms with Crippen molar-refractivity contribution in [2.24, 2.45) is 0 Å². The number of nitro groups is 1. The molecule has 0 bridgehead atoms. The number of nitrogens with zero attached hydrogens (tertiary/aromatic N) is 1. The Morgan fingerprint density at radius 1 is 1.64 bits per heavy atom. The van der Waals surface area contributed by atoms with Gasteiger partial charge >= 0.3 is 5.69 Å². The molecular formula is C8H8FNO4. The quantitative estimate of drug-likeness (QED) is 0.455. The molecule has 1 unspecified atom stereocenters. The van der Waals surface area contributed by atoms with Crippen molar-refractivity contribution in [1.82, 2.24) is 0 Å². The van der Waals surface area contributed by atoms with Gasteiger partial charge in [0.25, 0.3) is 0 Å². The Labute approximate surface area is 78.9 Å². The fraction of sp³-hybridized carbons (Fsp3) is 0.250. The zero-order chi connectivity index (χ0) is 10.7. The largest absolute Gasteiger partial charge is 0.364 e. The van der Waals surface area contributed by atoms with E-state index in [1.165, 1.54) is 13.2 Å². The van der Waals surface area contributed by atoms with Crippen LogP contribution in [0.25, 0.3) is 0 Å². The van der Waals surface area contributed by atoms with E-state index in [1.807, 2.05) is 0 Å². The third kappa shape index (κ3) is 2.04. The summed E-state index contributed by atoms with van der Waals surface area (Å²) >= 11 is 0. The van der Waals surface area contributed by atoms with E-state index in [0.29, 0.717) is 0 Å². The molecule has 0 heterocycles. The zero-order valence-corrected chi connectivity index (χ0v) is 7.31. The topological polar surface area (TPSA) is 72.6 Å². The van der Waals surface area contributed by atoms with Gasteiger partial charge in [-0.3, -0.25) is 10.1 Å². The van der Waals surface area contributed by atoms with Crippen molar-refractivity contribution >= 4 is 5.69 Å². The van der Waals surface area contributed by atoms with Crippen LogP contribution in [-0.4, -0.2) is 17.1 Å². The molecule has 1 aromatic carbocycles. The van der Waals surface area contributed by atoms with E-state index in [0.717, 1.165) is 12.1 Å². The Bertz CT molecular complexity index is 355. The number of halogens is 1. The average molecular weight is 201 g/mol. The molecule has 0 fully saturated rings. The van der Waals surface area contributed by atoms with Gasteiger partial charge in [-0.25, -0.2) is 0 Å². The molecule has 0 saturated carbocycles. The highest BCUT2D eigenvalue weighted by molar-refractivity contribution is 5.35. The highest BCUT2D eigenvalue weighted by Crippen LogP contribution is 2.21. The Balaban J connectivity index is 3.06. The summed E-state index contributed by atoms with van der Waals surface area (Å²) in [5.74, 6) is -0.997. The fourth-order valence-electron chi connectivity index (χ4n) is 0.961. The second-order valence-electron chi connectivity index (χ2n) is 2.56. The maximum Gasteiger partial charge on any atom is 0.304 e. The van der Waals surface area contributed by atoms with E-state index in [1.54, 1.807) is 0 Å². The van der Waals surface area contributed by atoms with Crippen LogP contribution < -0.4 is 0 Å². The van der Waals surface area contributed by atoms with Gasteiger partial charge < -0.3 is 9.84 Å². The average Bonchev–Trinajstić information content (AvgIpc) is 2.15. The summed E-state index contributed by atoms with van der Waals surface area (Å²) in [6, 6.07) is 3.08. The van der Waals surface area contributed by atoms with E-state index in [9.17, 15) is 14.5 Å². The number of aliphatic hydroxyl groups excluding tert-OH is 1. The van der Waals surface area contributed by atoms with Gasteiger partial charge in [0.15, 0.2) is 6.29 Å². The number of nitro benzene ring substituents is 1. The van der Waals surface area contributed by atoms with Gasteiger partial charge in [0.1, 0.15) is 0 Å². The molecule has 1 aromatic rings. The summed E-state index contributed by atoms with van der Waals surface area (Å²) < 4.78 is 17.5. The normalized spacial score (nSPS) is 12.5. The highest BCUT2D eigenvalue weighted by Gasteiger charge is 2.16. The molecule has 0 aliphatic heterocycles. The number of rotatable bonds is 3. The number of hydrogen-bond acceptors (Lipinski definition) is 4. The number of methoxy groups -OCH3 is 1. The van der Waals surface area contributed by atoms with Gasteiger partial charge in [0, 0.05) is 18.7 Å². The first kappa shape index (κ1) is 10.6. The monoisotopic (exact) mass is 201 g/mol. The van der Waals surface area contributed by atoms with E-state index >= 15 is 0 Å². The molecule has 0 aliphatic rings. The predicted octanol–water partition coefficient (Wildman–Crippen LogP) is 1.37. The first-order valence-corrected chi connectivity index (χ1v) is 3.71. The first-order chi connectivity index (χ1) is 6.56. The van der Waals surface area contributed by atoms with Crippen molar-refractivity contribution in [3.63, 3.8) is 0 Å². The molecule has 0 amide bonds. The van der Waals surface area contributed by atoms with Gasteiger partial charge in [-0.15, -0.1) is 0 Å². The molecule has 1 atom stereocenters. The predicted molar refractivity (Wildman–Crippen MR) is 45.0 cm³/mol. The van der Waals surface area contributed by atoms with Gasteiger partial charge in [-0.2, -0.15) is 4.39 Å². The Hall–Kier alpha value is -1.53. The number of aliphatic hydroxyl groups is 1. The third-order valence-corrected chi connectivity index (χ3v) is 1.68. The van der Waals surface area contributed by atoms with Crippen molar-refractivity contribution < 1.29 is 19.2 Å². The van der Waals surface area contributed by atoms with Gasteiger partial charge in [0.2, 0.25) is 5.82 Å². The fourth-order valence-corrected chi connectivity index (χ4v) is 0.961. The van der Waals surface area contributed by atoms with Crippen LogP contribution in [0.3, 0.4) is 0 Å².